The molecule has 1 unspecified atom stereocenters. The minimum atomic E-state index is 0.101. The summed E-state index contributed by atoms with van der Waals surface area (Å²) < 4.78 is 2.18. The average Bonchev–Trinajstić information content (AvgIpc) is 3.85. The van der Waals surface area contributed by atoms with Crippen molar-refractivity contribution in [1.82, 2.24) is 19.6 Å². The molecule has 1 N–H and O–H groups in total. The van der Waals surface area contributed by atoms with Crippen molar-refractivity contribution in [3.63, 3.8) is 0 Å². The minimum absolute atomic E-state index is 0.101. The van der Waals surface area contributed by atoms with Crippen molar-refractivity contribution in [2.45, 2.75) is 6.17 Å². The van der Waals surface area contributed by atoms with Crippen LogP contribution in [0.15, 0.2) is 213 Å². The fourth-order valence-corrected chi connectivity index (χ4v) is 7.78. The number of fused-ring (bicyclic) bond motifs is 2. The van der Waals surface area contributed by atoms with Crippen LogP contribution >= 0.6 is 0 Å². The smallest absolute Gasteiger partial charge is 0.137 e. The van der Waals surface area contributed by atoms with Crippen molar-refractivity contribution in [2.24, 2.45) is 0 Å². The number of para-hydroxylation sites is 1. The van der Waals surface area contributed by atoms with E-state index in [1.54, 1.807) is 0 Å². The van der Waals surface area contributed by atoms with Crippen molar-refractivity contribution >= 4 is 34.1 Å². The molecule has 2 aromatic heterocycles. The standard InChI is InChI=1S/C50H37N5/c1-4-14-38(15-5-1)47-50(54-35-13-11-20-45(54)51-47)41-28-32-44(33-29-41)55(42-18-8-3-9-19-42)43-30-26-37(27-31-43)36-22-24-39(25-23-36)48-49(40-16-6-2-7-17-40)53-34-12-10-21-46(53)52-48/h1-35,46,52H. The molecule has 55 heavy (non-hydrogen) atoms. The molecule has 0 fully saturated rings. The first-order valence-electron chi connectivity index (χ1n) is 18.7. The molecule has 0 spiro atoms. The van der Waals surface area contributed by atoms with Gasteiger partial charge in [-0.25, -0.2) is 4.98 Å². The minimum Gasteiger partial charge on any atom is -0.359 e. The highest BCUT2D eigenvalue weighted by atomic mass is 15.3. The van der Waals surface area contributed by atoms with Gasteiger partial charge in [0.05, 0.1) is 22.8 Å². The topological polar surface area (TPSA) is 35.8 Å². The van der Waals surface area contributed by atoms with E-state index < -0.39 is 0 Å². The van der Waals surface area contributed by atoms with E-state index in [1.165, 1.54) is 22.4 Å². The number of anilines is 3. The Morgan fingerprint density at radius 1 is 0.473 bits per heavy atom. The fourth-order valence-electron chi connectivity index (χ4n) is 7.78. The summed E-state index contributed by atoms with van der Waals surface area (Å²) in [6.07, 6.45) is 10.7. The molecule has 8 aromatic rings. The van der Waals surface area contributed by atoms with Gasteiger partial charge >= 0.3 is 0 Å². The number of hydrogen-bond donors (Lipinski definition) is 1. The van der Waals surface area contributed by atoms with Crippen molar-refractivity contribution in [2.75, 3.05) is 4.90 Å². The maximum atomic E-state index is 5.04. The third kappa shape index (κ3) is 5.98. The van der Waals surface area contributed by atoms with Gasteiger partial charge in [-0.05, 0) is 77.4 Å². The fraction of sp³-hybridized carbons (Fsp3) is 0.0200. The summed E-state index contributed by atoms with van der Waals surface area (Å²) in [5.41, 5.74) is 15.5. The second kappa shape index (κ2) is 13.9. The van der Waals surface area contributed by atoms with Gasteiger partial charge in [0, 0.05) is 46.1 Å². The Balaban J connectivity index is 0.967. The van der Waals surface area contributed by atoms with Crippen LogP contribution in [-0.2, 0) is 0 Å². The van der Waals surface area contributed by atoms with E-state index in [-0.39, 0.29) is 6.17 Å². The number of imidazole rings is 1. The van der Waals surface area contributed by atoms with E-state index in [0.29, 0.717) is 0 Å². The zero-order valence-electron chi connectivity index (χ0n) is 30.1. The SMILES string of the molecule is C1=CC2NC(c3ccc(-c4ccc(N(c5ccccc5)c5ccc(-c6c(-c7ccccc7)nc7ccccn67)cc5)cc4)cc3)=C(c3ccccc3)N2C=C1. The molecular weight excluding hydrogens is 671 g/mol. The number of benzene rings is 6. The molecule has 6 aromatic carbocycles. The quantitative estimate of drug-likeness (QED) is 0.171. The molecule has 1 atom stereocenters. The van der Waals surface area contributed by atoms with Gasteiger partial charge in [-0.3, -0.25) is 4.40 Å². The van der Waals surface area contributed by atoms with Crippen molar-refractivity contribution in [3.8, 4) is 33.6 Å². The van der Waals surface area contributed by atoms with Crippen molar-refractivity contribution in [1.29, 1.82) is 0 Å². The van der Waals surface area contributed by atoms with E-state index in [9.17, 15) is 0 Å². The highest BCUT2D eigenvalue weighted by molar-refractivity contribution is 5.93. The molecule has 4 heterocycles. The first-order chi connectivity index (χ1) is 27.3. The molecule has 262 valence electrons. The first kappa shape index (κ1) is 32.3. The third-order valence-electron chi connectivity index (χ3n) is 10.4. The van der Waals surface area contributed by atoms with Gasteiger partial charge < -0.3 is 15.1 Å². The van der Waals surface area contributed by atoms with Gasteiger partial charge in [0.15, 0.2) is 0 Å². The maximum Gasteiger partial charge on any atom is 0.137 e. The van der Waals surface area contributed by atoms with Crippen LogP contribution in [0.1, 0.15) is 11.1 Å². The van der Waals surface area contributed by atoms with Gasteiger partial charge in [0.2, 0.25) is 0 Å². The molecule has 5 heteroatoms. The van der Waals surface area contributed by atoms with E-state index in [2.05, 4.69) is 220 Å². The molecule has 0 bridgehead atoms. The highest BCUT2D eigenvalue weighted by Crippen LogP contribution is 2.40. The highest BCUT2D eigenvalue weighted by Gasteiger charge is 2.31. The molecule has 0 saturated carbocycles. The zero-order valence-corrected chi connectivity index (χ0v) is 30.1. The van der Waals surface area contributed by atoms with Crippen LogP contribution in [-0.4, -0.2) is 20.5 Å². The summed E-state index contributed by atoms with van der Waals surface area (Å²) in [6.45, 7) is 0. The summed E-state index contributed by atoms with van der Waals surface area (Å²) in [4.78, 5) is 9.66. The monoisotopic (exact) mass is 707 g/mol. The Hall–Kier alpha value is -7.37. The van der Waals surface area contributed by atoms with E-state index in [1.807, 2.05) is 12.1 Å². The molecule has 2 aliphatic rings. The van der Waals surface area contributed by atoms with E-state index >= 15 is 0 Å². The van der Waals surface area contributed by atoms with E-state index in [4.69, 9.17) is 4.98 Å². The summed E-state index contributed by atoms with van der Waals surface area (Å²) in [5.74, 6) is 0. The summed E-state index contributed by atoms with van der Waals surface area (Å²) in [7, 11) is 0. The number of nitrogens with zero attached hydrogens (tertiary/aromatic N) is 4. The molecule has 0 saturated heterocycles. The largest absolute Gasteiger partial charge is 0.359 e. The number of hydrogen-bond acceptors (Lipinski definition) is 4. The number of allylic oxidation sites excluding steroid dienone is 2. The normalized spacial score (nSPS) is 14.6. The molecular formula is C50H37N5. The lowest BCUT2D eigenvalue weighted by molar-refractivity contribution is 0.443. The summed E-state index contributed by atoms with van der Waals surface area (Å²) >= 11 is 0. The Morgan fingerprint density at radius 2 is 1.02 bits per heavy atom. The molecule has 10 rings (SSSR count). The predicted molar refractivity (Wildman–Crippen MR) is 226 cm³/mol. The average molecular weight is 708 g/mol. The third-order valence-corrected chi connectivity index (χ3v) is 10.4. The van der Waals surface area contributed by atoms with Crippen LogP contribution in [0.4, 0.5) is 17.1 Å². The second-order valence-electron chi connectivity index (χ2n) is 13.8. The molecule has 2 aliphatic heterocycles. The Morgan fingerprint density at radius 3 is 1.69 bits per heavy atom. The van der Waals surface area contributed by atoms with Crippen LogP contribution in [0.5, 0.6) is 0 Å². The molecule has 0 radical (unpaired) electrons. The van der Waals surface area contributed by atoms with Gasteiger partial charge in [-0.2, -0.15) is 0 Å². The van der Waals surface area contributed by atoms with Gasteiger partial charge in [-0.15, -0.1) is 0 Å². The van der Waals surface area contributed by atoms with Crippen molar-refractivity contribution in [3.05, 3.63) is 224 Å². The van der Waals surface area contributed by atoms with Crippen LogP contribution in [0, 0.1) is 0 Å². The number of nitrogens with one attached hydrogen (secondary N) is 1. The maximum absolute atomic E-state index is 5.04. The second-order valence-corrected chi connectivity index (χ2v) is 13.8. The summed E-state index contributed by atoms with van der Waals surface area (Å²) in [6, 6.07) is 64.4. The van der Waals surface area contributed by atoms with Crippen LogP contribution < -0.4 is 10.2 Å². The molecule has 0 amide bonds. The Kier molecular flexibility index (Phi) is 8.15. The predicted octanol–water partition coefficient (Wildman–Crippen LogP) is 11.9. The first-order valence-corrected chi connectivity index (χ1v) is 18.7. The lowest BCUT2D eigenvalue weighted by Gasteiger charge is -2.26. The van der Waals surface area contributed by atoms with Gasteiger partial charge in [-0.1, -0.05) is 140 Å². The van der Waals surface area contributed by atoms with Crippen LogP contribution in [0.2, 0.25) is 0 Å². The lowest BCUT2D eigenvalue weighted by Crippen LogP contribution is -2.32. The molecule has 0 aliphatic carbocycles. The Bertz CT molecular complexity index is 2690. The summed E-state index contributed by atoms with van der Waals surface area (Å²) in [5, 5.41) is 3.75. The van der Waals surface area contributed by atoms with Gasteiger partial charge in [0.25, 0.3) is 0 Å². The van der Waals surface area contributed by atoms with Crippen LogP contribution in [0.3, 0.4) is 0 Å². The number of pyridine rings is 1. The van der Waals surface area contributed by atoms with Crippen LogP contribution in [0.25, 0.3) is 50.7 Å². The van der Waals surface area contributed by atoms with Crippen molar-refractivity contribution < 1.29 is 0 Å². The number of rotatable bonds is 8. The van der Waals surface area contributed by atoms with E-state index in [0.717, 1.165) is 56.5 Å². The zero-order chi connectivity index (χ0) is 36.6. The van der Waals surface area contributed by atoms with Gasteiger partial charge in [0.1, 0.15) is 11.8 Å². The Labute approximate surface area is 321 Å². The molecule has 5 nitrogen and oxygen atoms in total. The number of aromatic nitrogens is 2. The lowest BCUT2D eigenvalue weighted by atomic mass is 10.0.